The predicted octanol–water partition coefficient (Wildman–Crippen LogP) is 1.66. The predicted molar refractivity (Wildman–Crippen MR) is 47.5 cm³/mol. The van der Waals surface area contributed by atoms with Gasteiger partial charge in [-0.3, -0.25) is 5.14 Å². The van der Waals surface area contributed by atoms with E-state index in [4.69, 9.17) is 5.14 Å². The minimum absolute atomic E-state index is 0.852. The number of nitrogens with two attached hydrogens (primary N) is 1. The Morgan fingerprint density at radius 3 is 3.18 bits per heavy atom. The van der Waals surface area contributed by atoms with Crippen LogP contribution >= 0.6 is 23.3 Å². The summed E-state index contributed by atoms with van der Waals surface area (Å²) in [5, 5.41) is 8.25. The van der Waals surface area contributed by atoms with Crippen molar-refractivity contribution in [1.29, 1.82) is 0 Å². The highest BCUT2D eigenvalue weighted by Gasteiger charge is 2.02. The van der Waals surface area contributed by atoms with Gasteiger partial charge in [0.15, 0.2) is 0 Å². The van der Waals surface area contributed by atoms with Crippen LogP contribution in [0.4, 0.5) is 0 Å². The molecule has 2 rings (SSSR count). The molecule has 5 heteroatoms. The third kappa shape index (κ3) is 1.11. The molecule has 0 saturated heterocycles. The van der Waals surface area contributed by atoms with Gasteiger partial charge in [0, 0.05) is 0 Å². The normalized spacial score (nSPS) is 10.6. The fraction of sp³-hybridized carbons (Fsp3) is 0. The Morgan fingerprint density at radius 1 is 1.45 bits per heavy atom. The first kappa shape index (κ1) is 7.02. The van der Waals surface area contributed by atoms with Crippen LogP contribution in [0, 0.1) is 0 Å². The van der Waals surface area contributed by atoms with Gasteiger partial charge < -0.3 is 0 Å². The summed E-state index contributed by atoms with van der Waals surface area (Å²) in [6.07, 6.45) is 1.53. The second-order valence-corrected chi connectivity index (χ2v) is 3.47. The number of fused-ring (bicyclic) bond motifs is 1. The Kier molecular flexibility index (Phi) is 1.77. The van der Waals surface area contributed by atoms with Crippen LogP contribution in [-0.2, 0) is 0 Å². The van der Waals surface area contributed by atoms with Gasteiger partial charge in [-0.25, -0.2) is 9.97 Å². The number of rotatable bonds is 1. The number of hydrogen-bond donors (Lipinski definition) is 1. The molecule has 0 atom stereocenters. The van der Waals surface area contributed by atoms with E-state index < -0.39 is 0 Å². The average Bonchev–Trinajstić information content (AvgIpc) is 2.50. The third-order valence-electron chi connectivity index (χ3n) is 1.32. The lowest BCUT2D eigenvalue weighted by Crippen LogP contribution is -1.85. The Balaban J connectivity index is 2.79. The lowest BCUT2D eigenvalue weighted by atomic mass is 10.5. The van der Waals surface area contributed by atoms with Crippen LogP contribution < -0.4 is 5.14 Å². The number of aromatic nitrogens is 2. The van der Waals surface area contributed by atoms with Crippen LogP contribution in [0.5, 0.6) is 0 Å². The molecule has 0 aliphatic carbocycles. The topological polar surface area (TPSA) is 51.8 Å². The molecule has 0 amide bonds. The highest BCUT2D eigenvalue weighted by molar-refractivity contribution is 7.97. The van der Waals surface area contributed by atoms with Gasteiger partial charge in [0.25, 0.3) is 0 Å². The SMILES string of the molecule is NSc1ncnc2ccsc12. The van der Waals surface area contributed by atoms with E-state index in [1.54, 1.807) is 11.3 Å². The van der Waals surface area contributed by atoms with Crippen molar-refractivity contribution in [3.63, 3.8) is 0 Å². The van der Waals surface area contributed by atoms with Gasteiger partial charge in [0.05, 0.1) is 10.2 Å². The van der Waals surface area contributed by atoms with Gasteiger partial charge in [-0.15, -0.1) is 11.3 Å². The number of hydrogen-bond acceptors (Lipinski definition) is 5. The maximum atomic E-state index is 5.41. The van der Waals surface area contributed by atoms with Crippen molar-refractivity contribution in [1.82, 2.24) is 9.97 Å². The maximum Gasteiger partial charge on any atom is 0.132 e. The van der Waals surface area contributed by atoms with E-state index in [-0.39, 0.29) is 0 Å². The Hall–Kier alpha value is -0.650. The summed E-state index contributed by atoms with van der Waals surface area (Å²) in [4.78, 5) is 8.12. The molecule has 11 heavy (non-hydrogen) atoms. The molecule has 0 aromatic carbocycles. The first-order valence-electron chi connectivity index (χ1n) is 2.97. The summed E-state index contributed by atoms with van der Waals surface area (Å²) >= 11 is 2.77. The molecule has 2 aromatic heterocycles. The summed E-state index contributed by atoms with van der Waals surface area (Å²) in [5.41, 5.74) is 0.970. The zero-order chi connectivity index (χ0) is 7.68. The van der Waals surface area contributed by atoms with Crippen molar-refractivity contribution in [2.24, 2.45) is 5.14 Å². The molecule has 0 bridgehead atoms. The van der Waals surface area contributed by atoms with Crippen LogP contribution in [0.25, 0.3) is 10.2 Å². The van der Waals surface area contributed by atoms with Gasteiger partial charge in [0.1, 0.15) is 11.4 Å². The number of nitrogens with zero attached hydrogens (tertiary/aromatic N) is 2. The van der Waals surface area contributed by atoms with Crippen molar-refractivity contribution in [2.45, 2.75) is 5.03 Å². The van der Waals surface area contributed by atoms with Gasteiger partial charge in [-0.2, -0.15) is 0 Å². The zero-order valence-electron chi connectivity index (χ0n) is 5.52. The van der Waals surface area contributed by atoms with Crippen molar-refractivity contribution < 1.29 is 0 Å². The van der Waals surface area contributed by atoms with E-state index in [0.29, 0.717) is 0 Å². The molecule has 56 valence electrons. The summed E-state index contributed by atoms with van der Waals surface area (Å²) in [5.74, 6) is 0. The van der Waals surface area contributed by atoms with Crippen molar-refractivity contribution >= 4 is 33.5 Å². The second-order valence-electron chi connectivity index (χ2n) is 1.93. The van der Waals surface area contributed by atoms with Crippen molar-refractivity contribution in [3.8, 4) is 0 Å². The lowest BCUT2D eigenvalue weighted by molar-refractivity contribution is 1.11. The summed E-state index contributed by atoms with van der Waals surface area (Å²) in [6.45, 7) is 0. The van der Waals surface area contributed by atoms with E-state index in [1.807, 2.05) is 11.4 Å². The van der Waals surface area contributed by atoms with E-state index in [9.17, 15) is 0 Å². The molecule has 0 aliphatic rings. The molecular weight excluding hydrogens is 178 g/mol. The molecule has 0 fully saturated rings. The molecule has 0 aliphatic heterocycles. The molecule has 3 nitrogen and oxygen atoms in total. The van der Waals surface area contributed by atoms with Crippen molar-refractivity contribution in [2.75, 3.05) is 0 Å². The first-order chi connectivity index (χ1) is 5.42. The summed E-state index contributed by atoms with van der Waals surface area (Å²) in [6, 6.07) is 1.96. The molecule has 2 N–H and O–H groups in total. The zero-order valence-corrected chi connectivity index (χ0v) is 7.15. The monoisotopic (exact) mass is 183 g/mol. The third-order valence-corrected chi connectivity index (χ3v) is 2.89. The van der Waals surface area contributed by atoms with Crippen LogP contribution in [-0.4, -0.2) is 9.97 Å². The average molecular weight is 183 g/mol. The van der Waals surface area contributed by atoms with Gasteiger partial charge in [0.2, 0.25) is 0 Å². The maximum absolute atomic E-state index is 5.41. The van der Waals surface area contributed by atoms with Crippen LogP contribution in [0.2, 0.25) is 0 Å². The second kappa shape index (κ2) is 2.77. The van der Waals surface area contributed by atoms with E-state index in [0.717, 1.165) is 27.2 Å². The molecule has 2 aromatic rings. The van der Waals surface area contributed by atoms with E-state index >= 15 is 0 Å². The van der Waals surface area contributed by atoms with Crippen LogP contribution in [0.1, 0.15) is 0 Å². The van der Waals surface area contributed by atoms with Crippen molar-refractivity contribution in [3.05, 3.63) is 17.8 Å². The molecule has 2 heterocycles. The number of thiophene rings is 1. The van der Waals surface area contributed by atoms with E-state index in [2.05, 4.69) is 9.97 Å². The smallest absolute Gasteiger partial charge is 0.132 e. The Morgan fingerprint density at radius 2 is 2.36 bits per heavy atom. The fourth-order valence-electron chi connectivity index (χ4n) is 0.850. The summed E-state index contributed by atoms with van der Waals surface area (Å²) in [7, 11) is 0. The van der Waals surface area contributed by atoms with Gasteiger partial charge in [-0.05, 0) is 23.4 Å². The van der Waals surface area contributed by atoms with Gasteiger partial charge >= 0.3 is 0 Å². The molecule has 0 radical (unpaired) electrons. The van der Waals surface area contributed by atoms with Crippen LogP contribution in [0.3, 0.4) is 0 Å². The molecular formula is C6H5N3S2. The highest BCUT2D eigenvalue weighted by Crippen LogP contribution is 2.25. The molecule has 0 saturated carbocycles. The fourth-order valence-corrected chi connectivity index (χ4v) is 2.19. The lowest BCUT2D eigenvalue weighted by Gasteiger charge is -1.93. The first-order valence-corrected chi connectivity index (χ1v) is 4.72. The van der Waals surface area contributed by atoms with Crippen LogP contribution in [0.15, 0.2) is 22.8 Å². The summed E-state index contributed by atoms with van der Waals surface area (Å²) < 4.78 is 1.07. The minimum Gasteiger partial charge on any atom is -0.272 e. The van der Waals surface area contributed by atoms with E-state index in [1.165, 1.54) is 6.33 Å². The minimum atomic E-state index is 0.852. The highest BCUT2D eigenvalue weighted by atomic mass is 32.2. The Labute approximate surface area is 71.8 Å². The van der Waals surface area contributed by atoms with Gasteiger partial charge in [-0.1, -0.05) is 0 Å². The largest absolute Gasteiger partial charge is 0.272 e. The quantitative estimate of drug-likeness (QED) is 0.539. The standard InChI is InChI=1S/C6H5N3S2/c7-11-6-5-4(1-2-10-5)8-3-9-6/h1-3H,7H2. The molecule has 0 spiro atoms. The molecule has 0 unspecified atom stereocenters. The Bertz CT molecular complexity index is 371.